The lowest BCUT2D eigenvalue weighted by Gasteiger charge is -2.20. The Morgan fingerprint density at radius 2 is 0.527 bits per heavy atom. The minimum absolute atomic E-state index is 0.885. The van der Waals surface area contributed by atoms with Crippen molar-refractivity contribution in [2.24, 2.45) is 0 Å². The molecular weight excluding hydrogens is 1890 g/mol. The van der Waals surface area contributed by atoms with Gasteiger partial charge in [-0.05, 0) is 238 Å². The number of rotatable bonds is 41. The van der Waals surface area contributed by atoms with E-state index in [1.165, 1.54) is 55.8 Å². The van der Waals surface area contributed by atoms with Crippen molar-refractivity contribution in [1.82, 2.24) is 69.4 Å². The predicted molar refractivity (Wildman–Crippen MR) is 614 cm³/mol. The summed E-state index contributed by atoms with van der Waals surface area (Å²) in [6.45, 7) is 12.4. The van der Waals surface area contributed by atoms with Crippen LogP contribution in [0.1, 0.15) is 57.0 Å². The number of benzene rings is 10. The van der Waals surface area contributed by atoms with E-state index in [9.17, 15) is 0 Å². The molecule has 10 heterocycles. The molecule has 0 saturated carbocycles. The first kappa shape index (κ1) is 104. The van der Waals surface area contributed by atoms with E-state index in [0.717, 1.165) is 214 Å². The van der Waals surface area contributed by atoms with E-state index in [1.807, 2.05) is 128 Å². The van der Waals surface area contributed by atoms with Gasteiger partial charge in [-0.3, -0.25) is 29.8 Å². The Bertz CT molecular complexity index is 6900. The van der Waals surface area contributed by atoms with Crippen LogP contribution in [-0.4, -0.2) is 143 Å². The molecule has 20 nitrogen and oxygen atoms in total. The summed E-state index contributed by atoms with van der Waals surface area (Å²) in [6.07, 6.45) is 26.3. The summed E-state index contributed by atoms with van der Waals surface area (Å²) in [5.74, 6) is 0. The summed E-state index contributed by atoms with van der Waals surface area (Å²) < 4.78 is 0. The van der Waals surface area contributed by atoms with Gasteiger partial charge in [0.25, 0.3) is 0 Å². The Morgan fingerprint density at radius 3 is 0.877 bits per heavy atom. The molecule has 736 valence electrons. The molecule has 0 atom stereocenters. The minimum atomic E-state index is 0.885. The molecule has 5 N–H and O–H groups in total. The lowest BCUT2D eigenvalue weighted by molar-refractivity contribution is 0.283. The number of pyridine rings is 5. The zero-order valence-electron chi connectivity index (χ0n) is 83.0. The minimum Gasteiger partial charge on any atom is -0.374 e. The van der Waals surface area contributed by atoms with Gasteiger partial charge < -0.3 is 46.2 Å². The highest BCUT2D eigenvalue weighted by Gasteiger charge is 2.15. The highest BCUT2D eigenvalue weighted by atomic mass is 32.1. The molecule has 0 aliphatic heterocycles. The van der Waals surface area contributed by atoms with Gasteiger partial charge >= 0.3 is 0 Å². The van der Waals surface area contributed by atoms with Gasteiger partial charge in [-0.2, -0.15) is 0 Å². The highest BCUT2D eigenvalue weighted by molar-refractivity contribution is 7.19. The van der Waals surface area contributed by atoms with Crippen LogP contribution >= 0.6 is 56.7 Å². The van der Waals surface area contributed by atoms with Gasteiger partial charge in [0.05, 0.1) is 27.7 Å². The molecular formula is C121H122N20S5. The Hall–Kier alpha value is -15.3. The molecule has 0 saturated heterocycles. The molecule has 20 rings (SSSR count). The number of nitrogens with zero attached hydrogens (tertiary/aromatic N) is 15. The number of hydrogen-bond acceptors (Lipinski definition) is 25. The van der Waals surface area contributed by atoms with Crippen LogP contribution in [0.5, 0.6) is 0 Å². The van der Waals surface area contributed by atoms with Crippen LogP contribution in [0.2, 0.25) is 0 Å². The largest absolute Gasteiger partial charge is 0.374 e. The monoisotopic (exact) mass is 2010 g/mol. The van der Waals surface area contributed by atoms with Gasteiger partial charge in [-0.15, -0.1) is 45.3 Å². The number of hydrogen-bond donors (Lipinski definition) is 5. The third kappa shape index (κ3) is 34.2. The van der Waals surface area contributed by atoms with Crippen molar-refractivity contribution in [1.29, 1.82) is 0 Å². The molecule has 10 aromatic carbocycles. The summed E-state index contributed by atoms with van der Waals surface area (Å²) in [4.78, 5) is 56.9. The standard InChI is InChI=1S/C26H27N3S.C24H25N5S.2C24H24N4S.C23H22N4S/c1-2-29(19-22-9-5-3-6-10-22)18-17-21-13-15-24(16-14-21)27-26-28-25(20-30-26)23-11-7-4-8-12-23;1-29(15-11-20-4-2-12-25-16-20)14-10-19-6-8-22(9-7-19)27-24-28-23(18-30-24)21-5-3-13-26-17-21;1-28(18-20-6-3-2-4-7-20)15-13-19-9-11-22(12-10-19)27-24-26-17-23(29-24)21-8-5-14-25-16-21;1-28(17-20-6-3-2-4-7-20)15-13-19-9-11-22(12-10-19)26-24-27-23(18-29-24)21-8-5-14-25-16-21;1-27(21-7-3-2-4-8-21)15-13-18-9-11-20(12-10-18)25-23-26-22(17-28-23)19-6-5-14-24-16-19/h3-16,20H,2,17-19H2,1H3,(H,27,28);2-9,12-13,16-18H,10-11,14-15H2,1H3,(H,27,28);2-12,14,16-17H,13,15,18H2,1H3,(H,26,27);2-12,14,16,18H,13,15,17H2,1H3,(H,26,27);2-12,14,16-17H,13,15H2,1H3,(H,25,26). The topological polar surface area (TPSA) is 205 Å². The van der Waals surface area contributed by atoms with Crippen LogP contribution in [0.15, 0.2) is 423 Å². The summed E-state index contributed by atoms with van der Waals surface area (Å²) in [5.41, 5.74) is 27.8. The van der Waals surface area contributed by atoms with Gasteiger partial charge in [-0.1, -0.05) is 231 Å². The molecule has 0 amide bonds. The molecule has 0 unspecified atom stereocenters. The Labute approximate surface area is 878 Å². The smallest absolute Gasteiger partial charge is 0.187 e. The maximum absolute atomic E-state index is 4.71. The molecule has 0 aliphatic rings. The maximum atomic E-state index is 4.71. The fraction of sp³-hybridized carbons (Fsp3) is 0.174. The quantitative estimate of drug-likeness (QED) is 0.0242. The highest BCUT2D eigenvalue weighted by Crippen LogP contribution is 2.35. The SMILES string of the molecule is CCN(CCc1ccc(Nc2nc(-c3ccccc3)cs2)cc1)Cc1ccccc1.CN(CCc1ccc(Nc2nc(-c3cccnc3)cs2)cc1)CCc1cccnc1.CN(CCc1ccc(Nc2nc(-c3cccnc3)cs2)cc1)Cc1ccccc1.CN(CCc1ccc(Nc2nc(-c3cccnc3)cs2)cc1)c1ccccc1.CN(CCc1ccc(Nc2ncc(-c3cccnc3)s2)cc1)Cc1ccccc1. The molecule has 25 heteroatoms. The van der Waals surface area contributed by atoms with E-state index in [1.54, 1.807) is 81.5 Å². The second kappa shape index (κ2) is 56.1. The van der Waals surface area contributed by atoms with Crippen molar-refractivity contribution in [3.05, 3.63) is 473 Å². The van der Waals surface area contributed by atoms with E-state index < -0.39 is 0 Å². The Balaban J connectivity index is 0.000000131. The summed E-state index contributed by atoms with van der Waals surface area (Å²) >= 11 is 8.06. The second-order valence-corrected chi connectivity index (χ2v) is 39.8. The third-order valence-electron chi connectivity index (χ3n) is 24.2. The number of aromatic nitrogens is 10. The summed E-state index contributed by atoms with van der Waals surface area (Å²) in [7, 11) is 8.65. The van der Waals surface area contributed by atoms with Crippen LogP contribution in [-0.2, 0) is 58.2 Å². The van der Waals surface area contributed by atoms with Crippen LogP contribution in [0, 0.1) is 0 Å². The Morgan fingerprint density at radius 1 is 0.240 bits per heavy atom. The van der Waals surface area contributed by atoms with E-state index in [2.05, 4.69) is 402 Å². The van der Waals surface area contributed by atoms with Crippen molar-refractivity contribution in [3.8, 4) is 55.5 Å². The van der Waals surface area contributed by atoms with Crippen molar-refractivity contribution >= 4 is 116 Å². The zero-order chi connectivity index (χ0) is 100. The molecule has 20 aromatic rings. The fourth-order valence-corrected chi connectivity index (χ4v) is 19.6. The molecule has 0 aliphatic carbocycles. The number of nitrogens with one attached hydrogen (secondary N) is 5. The van der Waals surface area contributed by atoms with E-state index in [0.29, 0.717) is 0 Å². The van der Waals surface area contributed by atoms with Crippen LogP contribution < -0.4 is 31.5 Å². The molecule has 0 radical (unpaired) electrons. The normalized spacial score (nSPS) is 10.9. The van der Waals surface area contributed by atoms with Crippen LogP contribution in [0.4, 0.5) is 59.8 Å². The van der Waals surface area contributed by atoms with E-state index in [-0.39, 0.29) is 0 Å². The van der Waals surface area contributed by atoms with Crippen molar-refractivity contribution in [2.75, 3.05) is 105 Å². The lowest BCUT2D eigenvalue weighted by Crippen LogP contribution is -2.25. The average molecular weight is 2020 g/mol. The maximum Gasteiger partial charge on any atom is 0.187 e. The molecule has 0 spiro atoms. The number of anilines is 11. The summed E-state index contributed by atoms with van der Waals surface area (Å²) in [5, 5.41) is 29.7. The van der Waals surface area contributed by atoms with Gasteiger partial charge in [0, 0.05) is 218 Å². The molecule has 10 aromatic heterocycles. The summed E-state index contributed by atoms with van der Waals surface area (Å²) in [6, 6.07) is 116. The second-order valence-electron chi connectivity index (χ2n) is 35.3. The van der Waals surface area contributed by atoms with E-state index >= 15 is 0 Å². The number of likely N-dealkylation sites (N-methyl/N-ethyl adjacent to an activating group) is 5. The first-order chi connectivity index (χ1) is 71.9. The fourth-order valence-electron chi connectivity index (χ4n) is 15.8. The zero-order valence-corrected chi connectivity index (χ0v) is 87.1. The predicted octanol–water partition coefficient (Wildman–Crippen LogP) is 28.6. The van der Waals surface area contributed by atoms with Crippen molar-refractivity contribution in [2.45, 2.75) is 65.1 Å². The van der Waals surface area contributed by atoms with Gasteiger partial charge in [0.15, 0.2) is 25.7 Å². The van der Waals surface area contributed by atoms with Crippen LogP contribution in [0.25, 0.3) is 55.5 Å². The number of para-hydroxylation sites is 1. The molecule has 0 fully saturated rings. The average Bonchev–Trinajstić information content (AvgIpc) is 1.71. The first-order valence-electron chi connectivity index (χ1n) is 49.2. The van der Waals surface area contributed by atoms with Gasteiger partial charge in [0.1, 0.15) is 0 Å². The van der Waals surface area contributed by atoms with E-state index in [4.69, 9.17) is 4.98 Å². The van der Waals surface area contributed by atoms with Gasteiger partial charge in [0.2, 0.25) is 0 Å². The van der Waals surface area contributed by atoms with Crippen LogP contribution in [0.3, 0.4) is 0 Å². The molecule has 146 heavy (non-hydrogen) atoms. The number of thiazole rings is 5. The Kier molecular flexibility index (Phi) is 39.8. The lowest BCUT2D eigenvalue weighted by atomic mass is 10.1. The van der Waals surface area contributed by atoms with Crippen molar-refractivity contribution in [3.63, 3.8) is 0 Å². The van der Waals surface area contributed by atoms with Gasteiger partial charge in [-0.25, -0.2) is 24.9 Å². The molecule has 0 bridgehead atoms. The first-order valence-corrected chi connectivity index (χ1v) is 53.5. The third-order valence-corrected chi connectivity index (χ3v) is 28.2. The van der Waals surface area contributed by atoms with Crippen molar-refractivity contribution < 1.29 is 0 Å².